The zero-order chi connectivity index (χ0) is 12.8. The molecular formula is C13H16FN3O. The van der Waals surface area contributed by atoms with Crippen LogP contribution in [0.5, 0.6) is 0 Å². The van der Waals surface area contributed by atoms with Crippen molar-refractivity contribution in [2.75, 3.05) is 18.6 Å². The second kappa shape index (κ2) is 3.95. The topological polar surface area (TPSA) is 50.9 Å². The second-order valence-corrected chi connectivity index (χ2v) is 4.95. The van der Waals surface area contributed by atoms with Gasteiger partial charge in [-0.25, -0.2) is 4.39 Å². The molecule has 0 aromatic heterocycles. The van der Waals surface area contributed by atoms with Crippen molar-refractivity contribution in [2.45, 2.75) is 24.5 Å². The molecule has 96 valence electrons. The van der Waals surface area contributed by atoms with E-state index in [1.54, 1.807) is 19.2 Å². The van der Waals surface area contributed by atoms with Crippen LogP contribution in [0.15, 0.2) is 29.3 Å². The van der Waals surface area contributed by atoms with E-state index < -0.39 is 0 Å². The first kappa shape index (κ1) is 11.5. The molecule has 0 radical (unpaired) electrons. The average molecular weight is 249 g/mol. The first-order chi connectivity index (χ1) is 8.66. The number of hydrogen-bond acceptors (Lipinski definition) is 4. The van der Waals surface area contributed by atoms with Crippen LogP contribution in [0.4, 0.5) is 10.1 Å². The summed E-state index contributed by atoms with van der Waals surface area (Å²) < 4.78 is 19.2. The Morgan fingerprint density at radius 1 is 1.44 bits per heavy atom. The van der Waals surface area contributed by atoms with Gasteiger partial charge in [-0.3, -0.25) is 4.99 Å². The molecule has 0 atom stereocenters. The van der Waals surface area contributed by atoms with Gasteiger partial charge in [-0.1, -0.05) is 12.1 Å². The van der Waals surface area contributed by atoms with Crippen LogP contribution in [0.2, 0.25) is 0 Å². The van der Waals surface area contributed by atoms with Gasteiger partial charge in [0.1, 0.15) is 5.82 Å². The van der Waals surface area contributed by atoms with Crippen LogP contribution in [0.1, 0.15) is 12.8 Å². The lowest BCUT2D eigenvalue weighted by Crippen LogP contribution is -2.62. The van der Waals surface area contributed by atoms with Crippen molar-refractivity contribution in [2.24, 2.45) is 10.7 Å². The summed E-state index contributed by atoms with van der Waals surface area (Å²) in [5.41, 5.74) is 6.24. The molecule has 4 nitrogen and oxygen atoms in total. The minimum atomic E-state index is -0.266. The van der Waals surface area contributed by atoms with Crippen molar-refractivity contribution in [1.29, 1.82) is 0 Å². The highest BCUT2D eigenvalue weighted by Crippen LogP contribution is 2.45. The number of nitrogens with two attached hydrogens (primary N) is 1. The zero-order valence-corrected chi connectivity index (χ0v) is 10.3. The van der Waals surface area contributed by atoms with Crippen molar-refractivity contribution in [3.8, 4) is 0 Å². The van der Waals surface area contributed by atoms with E-state index in [2.05, 4.69) is 4.99 Å². The van der Waals surface area contributed by atoms with Crippen LogP contribution >= 0.6 is 0 Å². The zero-order valence-electron chi connectivity index (χ0n) is 10.3. The third-order valence-electron chi connectivity index (χ3n) is 3.88. The summed E-state index contributed by atoms with van der Waals surface area (Å²) in [7, 11) is 1.70. The van der Waals surface area contributed by atoms with Crippen LogP contribution in [-0.2, 0) is 4.74 Å². The van der Waals surface area contributed by atoms with E-state index in [0.717, 1.165) is 12.8 Å². The number of guanidine groups is 1. The summed E-state index contributed by atoms with van der Waals surface area (Å²) in [6.07, 6.45) is 1.89. The van der Waals surface area contributed by atoms with Crippen LogP contribution in [0.25, 0.3) is 0 Å². The Balaban J connectivity index is 1.94. The Morgan fingerprint density at radius 2 is 2.17 bits per heavy atom. The molecule has 0 amide bonds. The molecule has 1 spiro atoms. The maximum Gasteiger partial charge on any atom is 0.196 e. The summed E-state index contributed by atoms with van der Waals surface area (Å²) >= 11 is 0. The van der Waals surface area contributed by atoms with Gasteiger partial charge in [-0.15, -0.1) is 0 Å². The molecule has 2 N–H and O–H groups in total. The van der Waals surface area contributed by atoms with Crippen molar-refractivity contribution in [3.05, 3.63) is 30.1 Å². The molecule has 1 aliphatic heterocycles. The number of nitrogens with zero attached hydrogens (tertiary/aromatic N) is 2. The standard InChI is InChI=1S/C13H16FN3O/c1-18-9-6-13(7-9)8-16-12(15)17(13)11-5-3-2-4-10(11)14/h2-5,9H,6-8H2,1H3,(H2,15,16). The normalized spacial score (nSPS) is 30.4. The Kier molecular flexibility index (Phi) is 2.52. The fourth-order valence-electron chi connectivity index (χ4n) is 2.89. The average Bonchev–Trinajstić information content (AvgIpc) is 2.66. The number of anilines is 1. The lowest BCUT2D eigenvalue weighted by Gasteiger charge is -2.49. The third kappa shape index (κ3) is 1.50. The van der Waals surface area contributed by atoms with Gasteiger partial charge in [0, 0.05) is 7.11 Å². The maximum atomic E-state index is 13.9. The van der Waals surface area contributed by atoms with E-state index in [1.165, 1.54) is 6.07 Å². The van der Waals surface area contributed by atoms with Gasteiger partial charge in [-0.2, -0.15) is 0 Å². The number of methoxy groups -OCH3 is 1. The van der Waals surface area contributed by atoms with E-state index in [-0.39, 0.29) is 17.5 Å². The predicted molar refractivity (Wildman–Crippen MR) is 68.1 cm³/mol. The van der Waals surface area contributed by atoms with Crippen molar-refractivity contribution in [1.82, 2.24) is 0 Å². The van der Waals surface area contributed by atoms with Crippen LogP contribution in [-0.4, -0.2) is 31.3 Å². The molecule has 1 aliphatic carbocycles. The maximum absolute atomic E-state index is 13.9. The first-order valence-corrected chi connectivity index (χ1v) is 6.04. The lowest BCUT2D eigenvalue weighted by molar-refractivity contribution is -0.00668. The molecule has 0 unspecified atom stereocenters. The molecule has 2 aliphatic rings. The Morgan fingerprint density at radius 3 is 2.83 bits per heavy atom. The molecule has 5 heteroatoms. The molecular weight excluding hydrogens is 233 g/mol. The Bertz CT molecular complexity index is 497. The number of rotatable bonds is 2. The number of benzene rings is 1. The van der Waals surface area contributed by atoms with Gasteiger partial charge < -0.3 is 15.4 Å². The molecule has 0 saturated heterocycles. The van der Waals surface area contributed by atoms with E-state index in [9.17, 15) is 4.39 Å². The minimum Gasteiger partial charge on any atom is -0.381 e. The monoisotopic (exact) mass is 249 g/mol. The number of ether oxygens (including phenoxy) is 1. The molecule has 1 fully saturated rings. The molecule has 3 rings (SSSR count). The van der Waals surface area contributed by atoms with Crippen LogP contribution in [0.3, 0.4) is 0 Å². The molecule has 1 aromatic carbocycles. The summed E-state index contributed by atoms with van der Waals surface area (Å²) in [5, 5.41) is 0. The van der Waals surface area contributed by atoms with E-state index in [4.69, 9.17) is 10.5 Å². The van der Waals surface area contributed by atoms with E-state index >= 15 is 0 Å². The minimum absolute atomic E-state index is 0.188. The fraction of sp³-hybridized carbons (Fsp3) is 0.462. The quantitative estimate of drug-likeness (QED) is 0.864. The van der Waals surface area contributed by atoms with Gasteiger partial charge >= 0.3 is 0 Å². The van der Waals surface area contributed by atoms with Gasteiger partial charge in [0.05, 0.1) is 23.9 Å². The summed E-state index contributed by atoms with van der Waals surface area (Å²) in [6.45, 7) is 0.618. The Labute approximate surface area is 105 Å². The molecule has 1 heterocycles. The summed E-state index contributed by atoms with van der Waals surface area (Å²) in [6, 6.07) is 6.67. The van der Waals surface area contributed by atoms with Gasteiger partial charge in [0.15, 0.2) is 5.96 Å². The number of para-hydroxylation sites is 1. The third-order valence-corrected chi connectivity index (χ3v) is 3.88. The number of aliphatic imine (C=N–C) groups is 1. The van der Waals surface area contributed by atoms with Crippen molar-refractivity contribution < 1.29 is 9.13 Å². The van der Waals surface area contributed by atoms with Gasteiger partial charge in [0.25, 0.3) is 0 Å². The summed E-state index contributed by atoms with van der Waals surface area (Å²) in [4.78, 5) is 6.11. The van der Waals surface area contributed by atoms with Crippen LogP contribution < -0.4 is 10.6 Å². The Hall–Kier alpha value is -1.62. The lowest BCUT2D eigenvalue weighted by atomic mass is 9.73. The molecule has 1 aromatic rings. The van der Waals surface area contributed by atoms with E-state index in [1.807, 2.05) is 11.0 Å². The molecule has 0 bridgehead atoms. The largest absolute Gasteiger partial charge is 0.381 e. The van der Waals surface area contributed by atoms with Gasteiger partial charge in [0.2, 0.25) is 0 Å². The highest BCUT2D eigenvalue weighted by molar-refractivity contribution is 5.98. The first-order valence-electron chi connectivity index (χ1n) is 6.04. The predicted octanol–water partition coefficient (Wildman–Crippen LogP) is 1.51. The van der Waals surface area contributed by atoms with Gasteiger partial charge in [-0.05, 0) is 25.0 Å². The second-order valence-electron chi connectivity index (χ2n) is 4.95. The highest BCUT2D eigenvalue weighted by atomic mass is 19.1. The van der Waals surface area contributed by atoms with E-state index in [0.29, 0.717) is 18.2 Å². The number of halogens is 1. The smallest absolute Gasteiger partial charge is 0.196 e. The SMILES string of the molecule is COC1CC2(CN=C(N)N2c2ccccc2F)C1. The molecule has 1 saturated carbocycles. The molecule has 18 heavy (non-hydrogen) atoms. The number of hydrogen-bond donors (Lipinski definition) is 1. The van der Waals surface area contributed by atoms with Crippen molar-refractivity contribution >= 4 is 11.6 Å². The highest BCUT2D eigenvalue weighted by Gasteiger charge is 2.53. The van der Waals surface area contributed by atoms with Crippen molar-refractivity contribution in [3.63, 3.8) is 0 Å². The van der Waals surface area contributed by atoms with Crippen LogP contribution in [0, 0.1) is 5.82 Å². The summed E-state index contributed by atoms with van der Waals surface area (Å²) in [5.74, 6) is 0.132. The fourth-order valence-corrected chi connectivity index (χ4v) is 2.89.